The molecule has 1 amide bonds. The van der Waals surface area contributed by atoms with Crippen LogP contribution in [0, 0.1) is 11.3 Å². The number of hydrogen-bond donors (Lipinski definition) is 0. The molecule has 0 radical (unpaired) electrons. The summed E-state index contributed by atoms with van der Waals surface area (Å²) in [6, 6.07) is 7.46. The molecule has 0 heterocycles. The zero-order chi connectivity index (χ0) is 17.6. The zero-order valence-electron chi connectivity index (χ0n) is 14.3. The number of carbonyl (C=O) groups excluding carboxylic acids is 1. The average molecular weight is 338 g/mol. The van der Waals surface area contributed by atoms with E-state index in [-0.39, 0.29) is 5.91 Å². The van der Waals surface area contributed by atoms with Gasteiger partial charge in [-0.3, -0.25) is 9.69 Å². The molecule has 0 aromatic heterocycles. The highest BCUT2D eigenvalue weighted by Crippen LogP contribution is 2.22. The summed E-state index contributed by atoms with van der Waals surface area (Å²) in [5.41, 5.74) is 0.687. The van der Waals surface area contributed by atoms with E-state index >= 15 is 0 Å². The number of nitrogens with zero attached hydrogens (tertiary/aromatic N) is 3. The minimum atomic E-state index is -0.368. The normalized spacial score (nSPS) is 11.0. The van der Waals surface area contributed by atoms with E-state index in [0.717, 1.165) is 4.42 Å². The fourth-order valence-corrected chi connectivity index (χ4v) is 2.66. The van der Waals surface area contributed by atoms with Crippen LogP contribution in [0.15, 0.2) is 18.2 Å². The van der Waals surface area contributed by atoms with Crippen molar-refractivity contribution < 1.29 is 9.53 Å². The number of amides is 1. The molecular formula is C17H24ClN3O2. The Bertz CT molecular complexity index is 574. The van der Waals surface area contributed by atoms with E-state index in [1.54, 1.807) is 12.1 Å². The summed E-state index contributed by atoms with van der Waals surface area (Å²) < 4.78 is 6.34. The Morgan fingerprint density at radius 3 is 2.35 bits per heavy atom. The largest absolute Gasteiger partial charge is 0.496 e. The SMILES string of the molecule is COc1ccc(C#N)cc1C(=O)N(Cl)CCN(C(C)C)C(C)C. The number of hydrogen-bond acceptors (Lipinski definition) is 4. The Morgan fingerprint density at radius 1 is 1.26 bits per heavy atom. The molecule has 1 aromatic rings. The minimum Gasteiger partial charge on any atom is -0.496 e. The van der Waals surface area contributed by atoms with Crippen LogP contribution in [0.3, 0.4) is 0 Å². The monoisotopic (exact) mass is 337 g/mol. The molecule has 1 rings (SSSR count). The van der Waals surface area contributed by atoms with E-state index in [2.05, 4.69) is 32.6 Å². The molecule has 0 spiro atoms. The van der Waals surface area contributed by atoms with Crippen molar-refractivity contribution in [1.29, 1.82) is 5.26 Å². The van der Waals surface area contributed by atoms with Crippen molar-refractivity contribution >= 4 is 17.7 Å². The predicted octanol–water partition coefficient (Wildman–Crippen LogP) is 3.28. The standard InChI is InChI=1S/C17H24ClN3O2/c1-12(2)20(13(3)4)8-9-21(18)17(22)15-10-14(11-19)6-7-16(15)23-5/h6-7,10,12-13H,8-9H2,1-5H3. The van der Waals surface area contributed by atoms with E-state index in [1.165, 1.54) is 13.2 Å². The number of rotatable bonds is 7. The number of ether oxygens (including phenoxy) is 1. The second-order valence-corrected chi connectivity index (χ2v) is 6.25. The molecule has 0 saturated carbocycles. The van der Waals surface area contributed by atoms with Crippen LogP contribution in [-0.4, -0.2) is 47.5 Å². The van der Waals surface area contributed by atoms with Crippen LogP contribution in [0.5, 0.6) is 5.75 Å². The fourth-order valence-electron chi connectivity index (χ4n) is 2.49. The van der Waals surface area contributed by atoms with Gasteiger partial charge < -0.3 is 4.74 Å². The van der Waals surface area contributed by atoms with Crippen LogP contribution in [-0.2, 0) is 0 Å². The summed E-state index contributed by atoms with van der Waals surface area (Å²) in [5.74, 6) is 0.0392. The zero-order valence-corrected chi connectivity index (χ0v) is 15.1. The van der Waals surface area contributed by atoms with Crippen molar-refractivity contribution in [2.45, 2.75) is 39.8 Å². The van der Waals surface area contributed by atoms with Gasteiger partial charge in [-0.25, -0.2) is 4.42 Å². The first kappa shape index (κ1) is 19.3. The van der Waals surface area contributed by atoms with Gasteiger partial charge in [-0.15, -0.1) is 0 Å². The van der Waals surface area contributed by atoms with Crippen LogP contribution in [0.4, 0.5) is 0 Å². The summed E-state index contributed by atoms with van der Waals surface area (Å²) in [4.78, 5) is 14.8. The second kappa shape index (κ2) is 8.76. The van der Waals surface area contributed by atoms with Crippen LogP contribution in [0.1, 0.15) is 43.6 Å². The topological polar surface area (TPSA) is 56.6 Å². The van der Waals surface area contributed by atoms with Gasteiger partial charge in [0.25, 0.3) is 5.91 Å². The molecular weight excluding hydrogens is 314 g/mol. The van der Waals surface area contributed by atoms with Crippen molar-refractivity contribution in [3.05, 3.63) is 29.3 Å². The molecule has 0 aliphatic carbocycles. The lowest BCUT2D eigenvalue weighted by atomic mass is 10.1. The Morgan fingerprint density at radius 2 is 1.87 bits per heavy atom. The van der Waals surface area contributed by atoms with E-state index in [4.69, 9.17) is 21.8 Å². The Labute approximate surface area is 143 Å². The van der Waals surface area contributed by atoms with Crippen molar-refractivity contribution in [2.24, 2.45) is 0 Å². The molecule has 0 aliphatic rings. The quantitative estimate of drug-likeness (QED) is 0.716. The molecule has 0 saturated heterocycles. The van der Waals surface area contributed by atoms with E-state index < -0.39 is 0 Å². The first-order valence-corrected chi connectivity index (χ1v) is 7.97. The van der Waals surface area contributed by atoms with Crippen molar-refractivity contribution in [3.8, 4) is 11.8 Å². The Hall–Kier alpha value is -1.77. The van der Waals surface area contributed by atoms with Gasteiger partial charge in [-0.2, -0.15) is 5.26 Å². The van der Waals surface area contributed by atoms with E-state index in [1.807, 2.05) is 6.07 Å². The lowest BCUT2D eigenvalue weighted by molar-refractivity contribution is 0.0831. The van der Waals surface area contributed by atoms with E-state index in [0.29, 0.717) is 42.0 Å². The van der Waals surface area contributed by atoms with Crippen molar-refractivity contribution in [3.63, 3.8) is 0 Å². The summed E-state index contributed by atoms with van der Waals surface area (Å²) in [6.07, 6.45) is 0. The molecule has 6 heteroatoms. The molecule has 0 aliphatic heterocycles. The number of halogens is 1. The third kappa shape index (κ3) is 5.12. The maximum atomic E-state index is 12.5. The van der Waals surface area contributed by atoms with Gasteiger partial charge in [0.2, 0.25) is 0 Å². The predicted molar refractivity (Wildman–Crippen MR) is 91.6 cm³/mol. The highest BCUT2D eigenvalue weighted by molar-refractivity contribution is 6.24. The minimum absolute atomic E-state index is 0.294. The van der Waals surface area contributed by atoms with Crippen LogP contribution in [0.25, 0.3) is 0 Å². The summed E-state index contributed by atoms with van der Waals surface area (Å²) in [5, 5.41) is 8.99. The molecule has 0 unspecified atom stereocenters. The van der Waals surface area contributed by atoms with Gasteiger partial charge in [0.1, 0.15) is 5.75 Å². The second-order valence-electron chi connectivity index (χ2n) is 5.84. The molecule has 0 atom stereocenters. The number of carbonyl (C=O) groups is 1. The van der Waals surface area contributed by atoms with Crippen molar-refractivity contribution in [2.75, 3.05) is 20.2 Å². The van der Waals surface area contributed by atoms with Gasteiger partial charge in [0.05, 0.1) is 30.9 Å². The maximum Gasteiger partial charge on any atom is 0.272 e. The maximum absolute atomic E-state index is 12.5. The third-order valence-corrected chi connectivity index (χ3v) is 3.98. The molecule has 0 bridgehead atoms. The lowest BCUT2D eigenvalue weighted by Crippen LogP contribution is -2.42. The van der Waals surface area contributed by atoms with Crippen LogP contribution < -0.4 is 4.74 Å². The molecule has 126 valence electrons. The van der Waals surface area contributed by atoms with Gasteiger partial charge in [0.15, 0.2) is 0 Å². The van der Waals surface area contributed by atoms with Gasteiger partial charge in [-0.05, 0) is 45.9 Å². The van der Waals surface area contributed by atoms with Crippen molar-refractivity contribution in [1.82, 2.24) is 9.32 Å². The lowest BCUT2D eigenvalue weighted by Gasteiger charge is -2.31. The smallest absolute Gasteiger partial charge is 0.272 e. The molecule has 23 heavy (non-hydrogen) atoms. The molecule has 1 aromatic carbocycles. The molecule has 0 fully saturated rings. The summed E-state index contributed by atoms with van der Waals surface area (Å²) in [7, 11) is 1.48. The van der Waals surface area contributed by atoms with Gasteiger partial charge in [-0.1, -0.05) is 0 Å². The van der Waals surface area contributed by atoms with Crippen LogP contribution >= 0.6 is 11.8 Å². The molecule has 0 N–H and O–H groups in total. The Balaban J connectivity index is 2.87. The number of benzene rings is 1. The van der Waals surface area contributed by atoms with Gasteiger partial charge >= 0.3 is 0 Å². The third-order valence-electron chi connectivity index (χ3n) is 3.66. The Kier molecular flexibility index (Phi) is 7.34. The first-order chi connectivity index (χ1) is 10.8. The molecule has 5 nitrogen and oxygen atoms in total. The fraction of sp³-hybridized carbons (Fsp3) is 0.529. The van der Waals surface area contributed by atoms with Gasteiger partial charge in [0, 0.05) is 30.4 Å². The highest BCUT2D eigenvalue weighted by atomic mass is 35.5. The summed E-state index contributed by atoms with van der Waals surface area (Å²) in [6.45, 7) is 9.50. The van der Waals surface area contributed by atoms with Crippen LogP contribution in [0.2, 0.25) is 0 Å². The van der Waals surface area contributed by atoms with E-state index in [9.17, 15) is 4.79 Å². The highest BCUT2D eigenvalue weighted by Gasteiger charge is 2.21. The number of methoxy groups -OCH3 is 1. The first-order valence-electron chi connectivity index (χ1n) is 7.63. The number of nitriles is 1. The summed E-state index contributed by atoms with van der Waals surface area (Å²) >= 11 is 6.16. The average Bonchev–Trinajstić information content (AvgIpc) is 2.52.